The van der Waals surface area contributed by atoms with Crippen molar-refractivity contribution < 1.29 is 9.32 Å². The zero-order valence-corrected chi connectivity index (χ0v) is 12.9. The Bertz CT molecular complexity index is 808. The molecule has 23 heavy (non-hydrogen) atoms. The molecule has 0 unspecified atom stereocenters. The normalized spacial score (nSPS) is 10.7. The summed E-state index contributed by atoms with van der Waals surface area (Å²) in [5, 5.41) is 10.9. The van der Waals surface area contributed by atoms with Crippen molar-refractivity contribution in [2.24, 2.45) is 0 Å². The fraction of sp³-hybridized carbons (Fsp3) is 0.267. The Balaban J connectivity index is 1.59. The van der Waals surface area contributed by atoms with E-state index in [1.165, 1.54) is 0 Å². The van der Waals surface area contributed by atoms with Crippen LogP contribution in [0.3, 0.4) is 0 Å². The highest BCUT2D eigenvalue weighted by atomic mass is 16.5. The lowest BCUT2D eigenvalue weighted by atomic mass is 10.2. The third-order valence-corrected chi connectivity index (χ3v) is 3.27. The highest BCUT2D eigenvalue weighted by Gasteiger charge is 2.15. The average Bonchev–Trinajstić information content (AvgIpc) is 3.15. The van der Waals surface area contributed by atoms with Gasteiger partial charge in [0.2, 0.25) is 5.82 Å². The Morgan fingerprint density at radius 3 is 2.78 bits per heavy atom. The molecule has 0 aliphatic heterocycles. The monoisotopic (exact) mass is 312 g/mol. The molecule has 0 radical (unpaired) electrons. The highest BCUT2D eigenvalue weighted by Crippen LogP contribution is 2.13. The van der Waals surface area contributed by atoms with Crippen LogP contribution >= 0.6 is 0 Å². The van der Waals surface area contributed by atoms with E-state index in [0.29, 0.717) is 18.9 Å². The first-order valence-electron chi connectivity index (χ1n) is 7.17. The van der Waals surface area contributed by atoms with Gasteiger partial charge in [-0.05, 0) is 32.0 Å². The molecule has 3 heterocycles. The molecule has 0 bridgehead atoms. The molecular formula is C15H16N6O2. The van der Waals surface area contributed by atoms with Crippen molar-refractivity contribution in [2.75, 3.05) is 6.54 Å². The smallest absolute Gasteiger partial charge is 0.316 e. The largest absolute Gasteiger partial charge is 0.346 e. The quantitative estimate of drug-likeness (QED) is 0.764. The molecule has 0 saturated heterocycles. The van der Waals surface area contributed by atoms with E-state index in [1.807, 2.05) is 24.6 Å². The van der Waals surface area contributed by atoms with Gasteiger partial charge in [0, 0.05) is 30.2 Å². The van der Waals surface area contributed by atoms with Crippen LogP contribution in [0.15, 0.2) is 35.1 Å². The van der Waals surface area contributed by atoms with Crippen LogP contribution in [0, 0.1) is 13.8 Å². The highest BCUT2D eigenvalue weighted by molar-refractivity contribution is 5.89. The SMILES string of the molecule is Cc1cc(C)n(CCNC(=O)c2nc(-c3ccncc3)no2)n1. The van der Waals surface area contributed by atoms with Gasteiger partial charge in [0.1, 0.15) is 0 Å². The molecule has 0 atom stereocenters. The molecule has 3 rings (SSSR count). The number of nitrogens with one attached hydrogen (secondary N) is 1. The molecule has 0 fully saturated rings. The van der Waals surface area contributed by atoms with Gasteiger partial charge in [-0.1, -0.05) is 5.16 Å². The molecule has 118 valence electrons. The van der Waals surface area contributed by atoms with Crippen molar-refractivity contribution in [3.8, 4) is 11.4 Å². The van der Waals surface area contributed by atoms with E-state index in [2.05, 4.69) is 25.5 Å². The first-order valence-corrected chi connectivity index (χ1v) is 7.17. The predicted molar refractivity (Wildman–Crippen MR) is 81.6 cm³/mol. The second kappa shape index (κ2) is 6.39. The standard InChI is InChI=1S/C15H16N6O2/c1-10-9-11(2)21(19-10)8-7-17-14(22)15-18-13(20-23-15)12-3-5-16-6-4-12/h3-6,9H,7-8H2,1-2H3,(H,17,22). The molecule has 8 heteroatoms. The number of nitrogens with zero attached hydrogens (tertiary/aromatic N) is 5. The van der Waals surface area contributed by atoms with Gasteiger partial charge < -0.3 is 9.84 Å². The molecular weight excluding hydrogens is 296 g/mol. The summed E-state index contributed by atoms with van der Waals surface area (Å²) in [6.45, 7) is 4.91. The summed E-state index contributed by atoms with van der Waals surface area (Å²) in [5.41, 5.74) is 2.74. The second-order valence-corrected chi connectivity index (χ2v) is 5.07. The van der Waals surface area contributed by atoms with Crippen LogP contribution in [0.5, 0.6) is 0 Å². The molecule has 0 aliphatic rings. The molecule has 1 N–H and O–H groups in total. The minimum absolute atomic E-state index is 0.0646. The lowest BCUT2D eigenvalue weighted by Gasteiger charge is -2.04. The van der Waals surface area contributed by atoms with Crippen molar-refractivity contribution in [3.63, 3.8) is 0 Å². The van der Waals surface area contributed by atoms with Crippen LogP contribution in [0.1, 0.15) is 22.1 Å². The van der Waals surface area contributed by atoms with E-state index < -0.39 is 5.91 Å². The van der Waals surface area contributed by atoms with E-state index in [9.17, 15) is 4.79 Å². The lowest BCUT2D eigenvalue weighted by Crippen LogP contribution is -2.28. The first-order chi connectivity index (χ1) is 11.1. The predicted octanol–water partition coefficient (Wildman–Crippen LogP) is 1.37. The second-order valence-electron chi connectivity index (χ2n) is 5.07. The van der Waals surface area contributed by atoms with E-state index in [-0.39, 0.29) is 5.89 Å². The summed E-state index contributed by atoms with van der Waals surface area (Å²) in [6.07, 6.45) is 3.25. The van der Waals surface area contributed by atoms with Gasteiger partial charge in [0.15, 0.2) is 0 Å². The summed E-state index contributed by atoms with van der Waals surface area (Å²) in [5.74, 6) is -0.111. The van der Waals surface area contributed by atoms with Crippen molar-refractivity contribution in [1.82, 2.24) is 30.2 Å². The molecule has 3 aromatic heterocycles. The summed E-state index contributed by atoms with van der Waals surface area (Å²) >= 11 is 0. The third-order valence-electron chi connectivity index (χ3n) is 3.27. The molecule has 1 amide bonds. The van der Waals surface area contributed by atoms with Crippen molar-refractivity contribution in [1.29, 1.82) is 0 Å². The first kappa shape index (κ1) is 14.9. The molecule has 0 aliphatic carbocycles. The number of amides is 1. The van der Waals surface area contributed by atoms with Crippen LogP contribution in [0.2, 0.25) is 0 Å². The Morgan fingerprint density at radius 1 is 1.30 bits per heavy atom. The van der Waals surface area contributed by atoms with Gasteiger partial charge in [0.05, 0.1) is 12.2 Å². The maximum Gasteiger partial charge on any atom is 0.316 e. The summed E-state index contributed by atoms with van der Waals surface area (Å²) in [7, 11) is 0. The summed E-state index contributed by atoms with van der Waals surface area (Å²) in [6, 6.07) is 5.48. The molecule has 0 aromatic carbocycles. The van der Waals surface area contributed by atoms with Crippen molar-refractivity contribution in [3.05, 3.63) is 47.9 Å². The Labute approximate surface area is 132 Å². The topological polar surface area (TPSA) is 98.7 Å². The number of hydrogen-bond donors (Lipinski definition) is 1. The molecule has 0 spiro atoms. The van der Waals surface area contributed by atoms with Gasteiger partial charge in [-0.2, -0.15) is 10.1 Å². The molecule has 0 saturated carbocycles. The Kier molecular flexibility index (Phi) is 4.13. The van der Waals surface area contributed by atoms with E-state index in [4.69, 9.17) is 4.52 Å². The number of aromatic nitrogens is 5. The number of carbonyl (C=O) groups excluding carboxylic acids is 1. The van der Waals surface area contributed by atoms with Crippen molar-refractivity contribution in [2.45, 2.75) is 20.4 Å². The van der Waals surface area contributed by atoms with Crippen LogP contribution < -0.4 is 5.32 Å². The van der Waals surface area contributed by atoms with Gasteiger partial charge in [0.25, 0.3) is 0 Å². The number of aryl methyl sites for hydroxylation is 2. The lowest BCUT2D eigenvalue weighted by molar-refractivity contribution is 0.0908. The minimum atomic E-state index is -0.403. The van der Waals surface area contributed by atoms with E-state index >= 15 is 0 Å². The average molecular weight is 312 g/mol. The Hall–Kier alpha value is -3.03. The maximum absolute atomic E-state index is 12.0. The molecule has 8 nitrogen and oxygen atoms in total. The number of pyridine rings is 1. The number of hydrogen-bond acceptors (Lipinski definition) is 6. The minimum Gasteiger partial charge on any atom is -0.346 e. The van der Waals surface area contributed by atoms with E-state index in [0.717, 1.165) is 17.0 Å². The van der Waals surface area contributed by atoms with Crippen LogP contribution in [0.4, 0.5) is 0 Å². The van der Waals surface area contributed by atoms with Gasteiger partial charge in [-0.25, -0.2) is 0 Å². The zero-order valence-electron chi connectivity index (χ0n) is 12.9. The number of rotatable bonds is 5. The summed E-state index contributed by atoms with van der Waals surface area (Å²) in [4.78, 5) is 20.0. The van der Waals surface area contributed by atoms with Crippen LogP contribution in [-0.4, -0.2) is 37.4 Å². The summed E-state index contributed by atoms with van der Waals surface area (Å²) < 4.78 is 6.83. The zero-order chi connectivity index (χ0) is 16.2. The number of carbonyl (C=O) groups is 1. The Morgan fingerprint density at radius 2 is 2.09 bits per heavy atom. The molecule has 3 aromatic rings. The van der Waals surface area contributed by atoms with Gasteiger partial charge >= 0.3 is 11.8 Å². The fourth-order valence-electron chi connectivity index (χ4n) is 2.19. The third kappa shape index (κ3) is 3.42. The fourth-order valence-corrected chi connectivity index (χ4v) is 2.19. The van der Waals surface area contributed by atoms with Crippen LogP contribution in [-0.2, 0) is 6.54 Å². The van der Waals surface area contributed by atoms with Crippen molar-refractivity contribution >= 4 is 5.91 Å². The van der Waals surface area contributed by atoms with Gasteiger partial charge in [-0.15, -0.1) is 0 Å². The van der Waals surface area contributed by atoms with Crippen LogP contribution in [0.25, 0.3) is 11.4 Å². The van der Waals surface area contributed by atoms with E-state index in [1.54, 1.807) is 24.5 Å². The maximum atomic E-state index is 12.0. The van der Waals surface area contributed by atoms with Gasteiger partial charge in [-0.3, -0.25) is 14.5 Å².